The lowest BCUT2D eigenvalue weighted by Gasteiger charge is -2.26. The minimum Gasteiger partial charge on any atom is -0.448 e. The average Bonchev–Trinajstić information content (AvgIpc) is 3.38. The van der Waals surface area contributed by atoms with E-state index in [1.807, 2.05) is 53.7 Å². The Morgan fingerprint density at radius 1 is 1.10 bits per heavy atom. The number of amides is 1. The summed E-state index contributed by atoms with van der Waals surface area (Å²) in [5.74, 6) is 0.259. The maximum Gasteiger partial charge on any atom is 0.293 e. The van der Waals surface area contributed by atoms with Crippen molar-refractivity contribution in [1.29, 1.82) is 0 Å². The molecule has 1 fully saturated rings. The molecule has 2 aromatic rings. The van der Waals surface area contributed by atoms with Gasteiger partial charge in [-0.15, -0.1) is 0 Å². The highest BCUT2D eigenvalue weighted by molar-refractivity contribution is 7.89. The van der Waals surface area contributed by atoms with Crippen molar-refractivity contribution in [3.8, 4) is 28.6 Å². The van der Waals surface area contributed by atoms with Crippen molar-refractivity contribution in [1.82, 2.24) is 23.6 Å². The zero-order valence-electron chi connectivity index (χ0n) is 22.0. The van der Waals surface area contributed by atoms with Gasteiger partial charge in [0.05, 0.1) is 40.2 Å². The fourth-order valence-electron chi connectivity index (χ4n) is 4.11. The lowest BCUT2D eigenvalue weighted by atomic mass is 10.2. The lowest BCUT2D eigenvalue weighted by Crippen LogP contribution is -2.40. The van der Waals surface area contributed by atoms with E-state index in [1.165, 1.54) is 27.4 Å². The molecule has 0 aromatic heterocycles. The predicted octanol–water partition coefficient (Wildman–Crippen LogP) is 3.09. The summed E-state index contributed by atoms with van der Waals surface area (Å²) in [5, 5.41) is 0.0852. The van der Waals surface area contributed by atoms with E-state index in [-0.39, 0.29) is 34.5 Å². The highest BCUT2D eigenvalue weighted by Gasteiger charge is 2.30. The maximum absolute atomic E-state index is 12.9. The number of morpholine rings is 1. The van der Waals surface area contributed by atoms with Crippen LogP contribution in [0, 0.1) is 6.92 Å². The third kappa shape index (κ3) is 5.74. The summed E-state index contributed by atoms with van der Waals surface area (Å²) in [6.45, 7) is 3.17. The van der Waals surface area contributed by atoms with E-state index in [0.717, 1.165) is 17.8 Å². The number of halogens is 1. The topological polar surface area (TPSA) is 119 Å². The summed E-state index contributed by atoms with van der Waals surface area (Å²) in [6, 6.07) is 13.8. The van der Waals surface area contributed by atoms with Crippen LogP contribution < -0.4 is 10.3 Å². The maximum atomic E-state index is 12.9. The Morgan fingerprint density at radius 2 is 1.74 bits per heavy atom. The van der Waals surface area contributed by atoms with Crippen molar-refractivity contribution in [2.24, 2.45) is 7.05 Å². The van der Waals surface area contributed by atoms with Crippen LogP contribution in [0.3, 0.4) is 0 Å². The van der Waals surface area contributed by atoms with Gasteiger partial charge in [-0.2, -0.15) is 4.31 Å². The first-order chi connectivity index (χ1) is 18.6. The summed E-state index contributed by atoms with van der Waals surface area (Å²) in [7, 11) is 1.55. The van der Waals surface area contributed by atoms with Crippen LogP contribution >= 0.6 is 11.6 Å². The lowest BCUT2D eigenvalue weighted by molar-refractivity contribution is -0.115. The third-order valence-corrected chi connectivity index (χ3v) is 8.38. The molecule has 0 bridgehead atoms. The number of benzene rings is 2. The van der Waals surface area contributed by atoms with Crippen molar-refractivity contribution in [2.45, 2.75) is 11.8 Å². The summed E-state index contributed by atoms with van der Waals surface area (Å²) in [4.78, 5) is 26.6. The summed E-state index contributed by atoms with van der Waals surface area (Å²) < 4.78 is 42.3. The van der Waals surface area contributed by atoms with Crippen LogP contribution in [0.15, 0.2) is 58.2 Å². The molecule has 0 atom stereocenters. The molecule has 3 heterocycles. The van der Waals surface area contributed by atoms with Gasteiger partial charge in [0.15, 0.2) is 0 Å². The fourth-order valence-corrected chi connectivity index (χ4v) is 5.83. The molecule has 0 aliphatic carbocycles. The number of sulfonamides is 1. The SMILES string of the molecule is CN(C)C=O.Cc1c2[nH]c(=O)c(Oc3ccc(S(=O)(=O)N4CCOCC4)cc3Cl)c-2n(-c2ccccc2)n1C. The van der Waals surface area contributed by atoms with E-state index in [0.29, 0.717) is 24.6 Å². The Bertz CT molecular complexity index is 1590. The van der Waals surface area contributed by atoms with Crippen molar-refractivity contribution < 1.29 is 22.7 Å². The van der Waals surface area contributed by atoms with Crippen molar-refractivity contribution in [3.05, 3.63) is 69.6 Å². The van der Waals surface area contributed by atoms with Crippen molar-refractivity contribution >= 4 is 28.0 Å². The number of ether oxygens (including phenoxy) is 2. The Labute approximate surface area is 231 Å². The molecule has 1 saturated heterocycles. The van der Waals surface area contributed by atoms with Gasteiger partial charge in [-0.1, -0.05) is 29.8 Å². The van der Waals surface area contributed by atoms with Gasteiger partial charge in [0, 0.05) is 34.2 Å². The second kappa shape index (κ2) is 11.7. The number of hydrogen-bond acceptors (Lipinski definition) is 6. The fraction of sp³-hybridized carbons (Fsp3) is 0.308. The number of nitrogens with zero attached hydrogens (tertiary/aromatic N) is 4. The number of carbonyl (C=O) groups is 1. The van der Waals surface area contributed by atoms with E-state index in [9.17, 15) is 18.0 Å². The van der Waals surface area contributed by atoms with Crippen molar-refractivity contribution in [2.75, 3.05) is 40.4 Å². The van der Waals surface area contributed by atoms with Crippen LogP contribution in [0.5, 0.6) is 11.5 Å². The van der Waals surface area contributed by atoms with Gasteiger partial charge in [-0.25, -0.2) is 13.1 Å². The van der Waals surface area contributed by atoms with E-state index in [4.69, 9.17) is 21.1 Å². The highest BCUT2D eigenvalue weighted by Crippen LogP contribution is 2.39. The largest absolute Gasteiger partial charge is 0.448 e. The Kier molecular flexibility index (Phi) is 8.50. The molecule has 0 saturated carbocycles. The molecule has 0 unspecified atom stereocenters. The van der Waals surface area contributed by atoms with E-state index in [2.05, 4.69) is 4.98 Å². The van der Waals surface area contributed by atoms with E-state index in [1.54, 1.807) is 14.1 Å². The van der Waals surface area contributed by atoms with Gasteiger partial charge in [0.2, 0.25) is 22.2 Å². The number of H-pyrrole nitrogens is 1. The number of nitrogens with one attached hydrogen (secondary N) is 1. The Morgan fingerprint density at radius 3 is 2.33 bits per heavy atom. The van der Waals surface area contributed by atoms with Gasteiger partial charge in [-0.3, -0.25) is 14.3 Å². The van der Waals surface area contributed by atoms with E-state index < -0.39 is 15.6 Å². The molecule has 3 aliphatic heterocycles. The first-order valence-electron chi connectivity index (χ1n) is 12.1. The molecule has 13 heteroatoms. The molecular weight excluding hydrogens is 546 g/mol. The molecule has 0 radical (unpaired) electrons. The van der Waals surface area contributed by atoms with Crippen LogP contribution in [0.1, 0.15) is 5.69 Å². The minimum atomic E-state index is -3.71. The number of hydrogen-bond donors (Lipinski definition) is 1. The van der Waals surface area contributed by atoms with Gasteiger partial charge < -0.3 is 19.4 Å². The first-order valence-corrected chi connectivity index (χ1v) is 13.9. The third-order valence-electron chi connectivity index (χ3n) is 6.19. The zero-order valence-corrected chi connectivity index (χ0v) is 23.6. The van der Waals surface area contributed by atoms with Gasteiger partial charge >= 0.3 is 0 Å². The number of carbonyl (C=O) groups excluding carboxylic acids is 1. The van der Waals surface area contributed by atoms with Crippen LogP contribution in [-0.2, 0) is 26.6 Å². The smallest absolute Gasteiger partial charge is 0.293 e. The Balaban J connectivity index is 0.000000648. The van der Waals surface area contributed by atoms with Crippen LogP contribution in [0.2, 0.25) is 5.02 Å². The molecule has 2 aromatic carbocycles. The molecule has 39 heavy (non-hydrogen) atoms. The number of fused-ring (bicyclic) bond motifs is 1. The number of rotatable bonds is 6. The second-order valence-corrected chi connectivity index (χ2v) is 11.4. The monoisotopic (exact) mass is 575 g/mol. The molecule has 0 spiro atoms. The predicted molar refractivity (Wildman–Crippen MR) is 148 cm³/mol. The molecule has 208 valence electrons. The molecule has 3 aliphatic rings. The molecule has 1 N–H and O–H groups in total. The number of aromatic nitrogens is 3. The van der Waals surface area contributed by atoms with Crippen LogP contribution in [0.4, 0.5) is 0 Å². The quantitative estimate of drug-likeness (QED) is 0.353. The molecule has 11 nitrogen and oxygen atoms in total. The number of aromatic amines is 1. The highest BCUT2D eigenvalue weighted by atomic mass is 35.5. The standard InChI is InChI=1S/C23H23ClN4O5S.C3H7NO/c1-15-20-21(28(26(15)2)16-6-4-3-5-7-16)22(23(29)25-20)33-19-9-8-17(14-18(19)24)34(30,31)27-10-12-32-13-11-27;1-4(2)3-5/h3-9,14H,10-13H2,1-2H3,(H,25,29);3H,1-2H3. The normalized spacial score (nSPS) is 14.1. The van der Waals surface area contributed by atoms with Crippen LogP contribution in [0.25, 0.3) is 17.1 Å². The minimum absolute atomic E-state index is 0.0585. The Hall–Kier alpha value is -3.58. The van der Waals surface area contributed by atoms with Crippen molar-refractivity contribution in [3.63, 3.8) is 0 Å². The first kappa shape index (κ1) is 28.4. The summed E-state index contributed by atoms with van der Waals surface area (Å²) >= 11 is 6.43. The van der Waals surface area contributed by atoms with Crippen LogP contribution in [-0.4, -0.2) is 78.8 Å². The molecular formula is C26H30ClN5O6S. The van der Waals surface area contributed by atoms with E-state index >= 15 is 0 Å². The van der Waals surface area contributed by atoms with Gasteiger partial charge in [-0.05, 0) is 37.3 Å². The summed E-state index contributed by atoms with van der Waals surface area (Å²) in [5.41, 5.74) is 2.51. The number of para-hydroxylation sites is 1. The average molecular weight is 576 g/mol. The molecule has 5 rings (SSSR count). The van der Waals surface area contributed by atoms with Gasteiger partial charge in [0.25, 0.3) is 5.56 Å². The van der Waals surface area contributed by atoms with Gasteiger partial charge in [0.1, 0.15) is 11.4 Å². The zero-order chi connectivity index (χ0) is 28.3. The second-order valence-electron chi connectivity index (χ2n) is 9.04. The molecule has 1 amide bonds. The summed E-state index contributed by atoms with van der Waals surface area (Å²) in [6.07, 6.45) is 0.750.